The van der Waals surface area contributed by atoms with Gasteiger partial charge < -0.3 is 14.1 Å². The van der Waals surface area contributed by atoms with Crippen molar-refractivity contribution in [1.29, 1.82) is 0 Å². The van der Waals surface area contributed by atoms with E-state index in [1.165, 1.54) is 4.73 Å². The lowest BCUT2D eigenvalue weighted by molar-refractivity contribution is 0.0338. The maximum Gasteiger partial charge on any atom is 0.299 e. The molecule has 17 heavy (non-hydrogen) atoms. The van der Waals surface area contributed by atoms with Crippen LogP contribution in [-0.2, 0) is 11.8 Å². The predicted octanol–water partition coefficient (Wildman–Crippen LogP) is 1.22. The van der Waals surface area contributed by atoms with Crippen LogP contribution in [0.25, 0.3) is 11.6 Å². The van der Waals surface area contributed by atoms with Crippen molar-refractivity contribution in [3.63, 3.8) is 0 Å². The Hall–Kier alpha value is -2.24. The van der Waals surface area contributed by atoms with Gasteiger partial charge in [-0.05, 0) is 13.5 Å². The Morgan fingerprint density at radius 1 is 1.29 bits per heavy atom. The third kappa shape index (κ3) is 2.30. The smallest absolute Gasteiger partial charge is 0.299 e. The molecule has 2 aromatic rings. The number of hydrogen-bond acceptors (Lipinski definition) is 4. The highest BCUT2D eigenvalue weighted by molar-refractivity contribution is 5.43. The van der Waals surface area contributed by atoms with E-state index in [-0.39, 0.29) is 5.95 Å². The molecule has 0 N–H and O–H groups in total. The first-order chi connectivity index (χ1) is 8.22. The van der Waals surface area contributed by atoms with Crippen LogP contribution in [0.5, 0.6) is 0 Å². The molecule has 90 valence electrons. The van der Waals surface area contributed by atoms with Gasteiger partial charge in [-0.1, -0.05) is 0 Å². The Balaban J connectivity index is 2.23. The maximum atomic E-state index is 5.39. The minimum atomic E-state index is 0.223. The van der Waals surface area contributed by atoms with Crippen LogP contribution in [-0.4, -0.2) is 25.9 Å². The summed E-state index contributed by atoms with van der Waals surface area (Å²) in [6, 6.07) is 0. The lowest BCUT2D eigenvalue weighted by Gasteiger charge is -2.10. The van der Waals surface area contributed by atoms with Crippen molar-refractivity contribution in [2.45, 2.75) is 6.92 Å². The van der Waals surface area contributed by atoms with Gasteiger partial charge in [-0.25, -0.2) is 9.97 Å². The molecule has 6 nitrogen and oxygen atoms in total. The van der Waals surface area contributed by atoms with E-state index in [2.05, 4.69) is 16.5 Å². The van der Waals surface area contributed by atoms with Gasteiger partial charge in [-0.15, -0.1) is 0 Å². The van der Waals surface area contributed by atoms with Crippen LogP contribution in [0.4, 0.5) is 0 Å². The summed E-state index contributed by atoms with van der Waals surface area (Å²) in [4.78, 5) is 13.8. The molecule has 0 unspecified atom stereocenters. The summed E-state index contributed by atoms with van der Waals surface area (Å²) in [5.41, 5.74) is 0. The summed E-state index contributed by atoms with van der Waals surface area (Å²) in [6.07, 6.45) is 6.84. The first-order valence-corrected chi connectivity index (χ1v) is 5.23. The molecule has 0 spiro atoms. The Morgan fingerprint density at radius 3 is 2.65 bits per heavy atom. The van der Waals surface area contributed by atoms with Gasteiger partial charge in [0.05, 0.1) is 12.8 Å². The van der Waals surface area contributed by atoms with Gasteiger partial charge >= 0.3 is 0 Å². The highest BCUT2D eigenvalue weighted by atomic mass is 16.8. The quantitative estimate of drug-likeness (QED) is 0.730. The van der Waals surface area contributed by atoms with Gasteiger partial charge in [-0.2, -0.15) is 4.73 Å². The van der Waals surface area contributed by atoms with Gasteiger partial charge in [0.25, 0.3) is 5.95 Å². The number of imidazole rings is 2. The molecule has 0 amide bonds. The highest BCUT2D eigenvalue weighted by Crippen LogP contribution is 2.13. The Bertz CT molecular complexity index is 515. The van der Waals surface area contributed by atoms with E-state index in [9.17, 15) is 0 Å². The van der Waals surface area contributed by atoms with Crippen molar-refractivity contribution in [2.75, 3.05) is 6.61 Å². The van der Waals surface area contributed by atoms with Crippen molar-refractivity contribution < 1.29 is 9.57 Å². The fraction of sp³-hybridized carbons (Fsp3) is 0.273. The molecule has 0 aromatic carbocycles. The molecular formula is C11H14N4O2. The number of ether oxygens (including phenoxy) is 1. The third-order valence-corrected chi connectivity index (χ3v) is 2.13. The SMILES string of the molecule is C=C(OCC)On1ccnc1-c1nccn1C. The van der Waals surface area contributed by atoms with Gasteiger partial charge in [0, 0.05) is 25.6 Å². The monoisotopic (exact) mass is 234 g/mol. The van der Waals surface area contributed by atoms with Crippen molar-refractivity contribution in [3.05, 3.63) is 37.3 Å². The van der Waals surface area contributed by atoms with Gasteiger partial charge in [-0.3, -0.25) is 0 Å². The standard InChI is InChI=1S/C11H14N4O2/c1-4-16-9(2)17-15-8-6-13-11(15)10-12-5-7-14(10)3/h5-8H,2,4H2,1,3H3. The van der Waals surface area contributed by atoms with Crippen molar-refractivity contribution in [3.8, 4) is 11.6 Å². The predicted molar refractivity (Wildman–Crippen MR) is 61.8 cm³/mol. The molecule has 6 heteroatoms. The molecule has 0 aliphatic heterocycles. The second kappa shape index (κ2) is 4.73. The molecule has 0 atom stereocenters. The summed E-state index contributed by atoms with van der Waals surface area (Å²) in [5.74, 6) is 1.53. The topological polar surface area (TPSA) is 54.1 Å². The first-order valence-electron chi connectivity index (χ1n) is 5.23. The maximum absolute atomic E-state index is 5.39. The zero-order valence-electron chi connectivity index (χ0n) is 9.83. The van der Waals surface area contributed by atoms with Crippen LogP contribution in [0.15, 0.2) is 37.3 Å². The minimum absolute atomic E-state index is 0.223. The summed E-state index contributed by atoms with van der Waals surface area (Å²) in [5, 5.41) is 0. The molecule has 0 aliphatic rings. The number of rotatable bonds is 5. The van der Waals surface area contributed by atoms with Crippen LogP contribution in [0.2, 0.25) is 0 Å². The summed E-state index contributed by atoms with van der Waals surface area (Å²) < 4.78 is 8.45. The van der Waals surface area contributed by atoms with Crippen molar-refractivity contribution >= 4 is 0 Å². The van der Waals surface area contributed by atoms with E-state index in [1.807, 2.05) is 24.7 Å². The molecule has 0 bridgehead atoms. The molecule has 0 fully saturated rings. The minimum Gasteiger partial charge on any atom is -0.465 e. The van der Waals surface area contributed by atoms with Crippen LogP contribution < -0.4 is 4.84 Å². The second-order valence-corrected chi connectivity index (χ2v) is 3.33. The molecule has 2 aromatic heterocycles. The van der Waals surface area contributed by atoms with E-state index in [1.54, 1.807) is 18.6 Å². The van der Waals surface area contributed by atoms with Gasteiger partial charge in [0.1, 0.15) is 0 Å². The lowest BCUT2D eigenvalue weighted by Crippen LogP contribution is -2.14. The zero-order chi connectivity index (χ0) is 12.3. The normalized spacial score (nSPS) is 10.2. The number of nitrogens with zero attached hydrogens (tertiary/aromatic N) is 4. The number of hydrogen-bond donors (Lipinski definition) is 0. The lowest BCUT2D eigenvalue weighted by atomic mass is 10.6. The van der Waals surface area contributed by atoms with Crippen LogP contribution in [0.1, 0.15) is 6.92 Å². The summed E-state index contributed by atoms with van der Waals surface area (Å²) in [7, 11) is 1.89. The fourth-order valence-electron chi connectivity index (χ4n) is 1.40. The molecule has 0 radical (unpaired) electrons. The molecule has 0 aliphatic carbocycles. The Labute approximate surface area is 99.1 Å². The van der Waals surface area contributed by atoms with E-state index >= 15 is 0 Å². The van der Waals surface area contributed by atoms with E-state index in [0.29, 0.717) is 18.3 Å². The third-order valence-electron chi connectivity index (χ3n) is 2.13. The number of aromatic nitrogens is 4. The molecule has 0 saturated carbocycles. The Morgan fingerprint density at radius 2 is 2.00 bits per heavy atom. The van der Waals surface area contributed by atoms with Crippen LogP contribution >= 0.6 is 0 Å². The van der Waals surface area contributed by atoms with Crippen molar-refractivity contribution in [2.24, 2.45) is 7.05 Å². The Kier molecular flexibility index (Phi) is 3.13. The molecule has 0 saturated heterocycles. The van der Waals surface area contributed by atoms with Gasteiger partial charge in [0.15, 0.2) is 5.82 Å². The van der Waals surface area contributed by atoms with Crippen LogP contribution in [0, 0.1) is 0 Å². The summed E-state index contributed by atoms with van der Waals surface area (Å²) >= 11 is 0. The van der Waals surface area contributed by atoms with Crippen molar-refractivity contribution in [1.82, 2.24) is 19.3 Å². The average molecular weight is 234 g/mol. The zero-order valence-corrected chi connectivity index (χ0v) is 9.83. The molecular weight excluding hydrogens is 220 g/mol. The summed E-state index contributed by atoms with van der Waals surface area (Å²) in [6.45, 7) is 6.01. The van der Waals surface area contributed by atoms with E-state index in [4.69, 9.17) is 9.57 Å². The van der Waals surface area contributed by atoms with Crippen LogP contribution in [0.3, 0.4) is 0 Å². The van der Waals surface area contributed by atoms with Gasteiger partial charge in [0.2, 0.25) is 5.82 Å². The highest BCUT2D eigenvalue weighted by Gasteiger charge is 2.12. The fourth-order valence-corrected chi connectivity index (χ4v) is 1.40. The van der Waals surface area contributed by atoms with E-state index < -0.39 is 0 Å². The second-order valence-electron chi connectivity index (χ2n) is 3.33. The first kappa shape index (κ1) is 11.3. The van der Waals surface area contributed by atoms with E-state index in [0.717, 1.165) is 0 Å². The average Bonchev–Trinajstić information content (AvgIpc) is 2.87. The largest absolute Gasteiger partial charge is 0.465 e. The molecule has 2 rings (SSSR count). The molecule has 2 heterocycles. The number of aryl methyl sites for hydroxylation is 1.